The monoisotopic (exact) mass is 608 g/mol. The van der Waals surface area contributed by atoms with Gasteiger partial charge in [-0.15, -0.1) is 11.3 Å². The second kappa shape index (κ2) is 10.8. The van der Waals surface area contributed by atoms with Crippen LogP contribution in [0.25, 0.3) is 0 Å². The summed E-state index contributed by atoms with van der Waals surface area (Å²) < 4.78 is 36.4. The molecule has 202 valence electrons. The van der Waals surface area contributed by atoms with E-state index < -0.39 is 36.0 Å². The molecule has 3 aliphatic rings. The number of carboxylic acids is 1. The molecule has 0 spiro atoms. The number of aliphatic imine (C=N–C) groups is 1. The summed E-state index contributed by atoms with van der Waals surface area (Å²) in [5, 5.41) is 14.9. The van der Waals surface area contributed by atoms with Gasteiger partial charge in [0.1, 0.15) is 6.04 Å². The maximum absolute atomic E-state index is 15.1. The average Bonchev–Trinajstić information content (AvgIpc) is 3.43. The number of carbonyl (C=O) groups is 2. The van der Waals surface area contributed by atoms with Gasteiger partial charge in [0.05, 0.1) is 18.2 Å². The number of nitrogens with zero attached hydrogens (tertiary/aromatic N) is 3. The van der Waals surface area contributed by atoms with Crippen molar-refractivity contribution in [3.63, 3.8) is 0 Å². The van der Waals surface area contributed by atoms with Crippen molar-refractivity contribution in [3.05, 3.63) is 62.2 Å². The lowest BCUT2D eigenvalue weighted by Crippen LogP contribution is -2.50. The van der Waals surface area contributed by atoms with Gasteiger partial charge < -0.3 is 15.2 Å². The van der Waals surface area contributed by atoms with Crippen LogP contribution in [0, 0.1) is 5.92 Å². The van der Waals surface area contributed by atoms with Gasteiger partial charge in [0.25, 0.3) is 5.92 Å². The lowest BCUT2D eigenvalue weighted by atomic mass is 9.87. The Bertz CT molecular complexity index is 1290. The molecule has 2 bridgehead atoms. The SMILES string of the molecule is CCOC(=O)C1=C(CN2[C@H]3C[C@@H](CC(=O)O)C[C@H]2C(F)(F)C3)NC(c2nccs2)=N[C@H]1c1ccccc1Br. The van der Waals surface area contributed by atoms with Crippen LogP contribution in [0.3, 0.4) is 0 Å². The summed E-state index contributed by atoms with van der Waals surface area (Å²) in [7, 11) is 0. The number of fused-ring (bicyclic) bond motifs is 2. The first-order chi connectivity index (χ1) is 18.2. The van der Waals surface area contributed by atoms with Crippen molar-refractivity contribution in [2.75, 3.05) is 13.2 Å². The third-order valence-electron chi connectivity index (χ3n) is 7.29. The van der Waals surface area contributed by atoms with Crippen molar-refractivity contribution in [2.24, 2.45) is 10.9 Å². The number of hydrogen-bond acceptors (Lipinski definition) is 8. The largest absolute Gasteiger partial charge is 0.481 e. The van der Waals surface area contributed by atoms with Gasteiger partial charge in [-0.25, -0.2) is 18.6 Å². The van der Waals surface area contributed by atoms with Gasteiger partial charge in [-0.05, 0) is 37.3 Å². The second-order valence-electron chi connectivity index (χ2n) is 9.72. The predicted octanol–water partition coefficient (Wildman–Crippen LogP) is 4.78. The van der Waals surface area contributed by atoms with Crippen LogP contribution in [0.15, 0.2) is 56.6 Å². The molecule has 12 heteroatoms. The minimum atomic E-state index is -2.95. The highest BCUT2D eigenvalue weighted by atomic mass is 79.9. The molecule has 38 heavy (non-hydrogen) atoms. The van der Waals surface area contributed by atoms with Gasteiger partial charge in [0, 0.05) is 47.2 Å². The maximum Gasteiger partial charge on any atom is 0.338 e. The van der Waals surface area contributed by atoms with Crippen LogP contribution >= 0.6 is 27.3 Å². The van der Waals surface area contributed by atoms with Crippen molar-refractivity contribution >= 4 is 45.0 Å². The molecule has 2 N–H and O–H groups in total. The number of piperidine rings is 1. The van der Waals surface area contributed by atoms with Crippen LogP contribution in [0.4, 0.5) is 8.78 Å². The highest BCUT2D eigenvalue weighted by Crippen LogP contribution is 2.49. The van der Waals surface area contributed by atoms with Crippen LogP contribution in [0.2, 0.25) is 0 Å². The van der Waals surface area contributed by atoms with Gasteiger partial charge >= 0.3 is 11.9 Å². The fraction of sp³-hybridized carbons (Fsp3) is 0.462. The number of aromatic nitrogens is 1. The third kappa shape index (κ3) is 5.26. The number of carboxylic acid groups (broad SMARTS) is 1. The molecule has 2 fully saturated rings. The van der Waals surface area contributed by atoms with E-state index in [4.69, 9.17) is 9.73 Å². The molecule has 5 rings (SSSR count). The van der Waals surface area contributed by atoms with Gasteiger partial charge in [0.2, 0.25) is 0 Å². The zero-order chi connectivity index (χ0) is 27.0. The number of rotatable bonds is 8. The molecule has 2 saturated heterocycles. The number of hydrogen-bond donors (Lipinski definition) is 2. The van der Waals surface area contributed by atoms with Gasteiger partial charge in [-0.2, -0.15) is 0 Å². The third-order valence-corrected chi connectivity index (χ3v) is 8.79. The van der Waals surface area contributed by atoms with E-state index in [0.717, 1.165) is 10.0 Å². The van der Waals surface area contributed by atoms with Crippen molar-refractivity contribution in [1.29, 1.82) is 0 Å². The summed E-state index contributed by atoms with van der Waals surface area (Å²) in [6, 6.07) is 5.04. The zero-order valence-electron chi connectivity index (χ0n) is 20.6. The number of amidine groups is 1. The molecule has 0 unspecified atom stereocenters. The number of alkyl halides is 2. The molecule has 3 aliphatic heterocycles. The lowest BCUT2D eigenvalue weighted by molar-refractivity contribution is -0.140. The molecular formula is C26H27BrF2N4O4S. The van der Waals surface area contributed by atoms with E-state index in [2.05, 4.69) is 26.2 Å². The predicted molar refractivity (Wildman–Crippen MR) is 141 cm³/mol. The van der Waals surface area contributed by atoms with E-state index in [-0.39, 0.29) is 43.9 Å². The Morgan fingerprint density at radius 1 is 1.32 bits per heavy atom. The molecule has 1 aromatic carbocycles. The summed E-state index contributed by atoms with van der Waals surface area (Å²) in [6.45, 7) is 1.90. The molecule has 0 amide bonds. The molecule has 2 aromatic rings. The number of esters is 1. The Hall–Kier alpha value is -2.70. The Morgan fingerprint density at radius 2 is 2.11 bits per heavy atom. The highest BCUT2D eigenvalue weighted by Gasteiger charge is 2.57. The van der Waals surface area contributed by atoms with E-state index in [1.54, 1.807) is 18.0 Å². The van der Waals surface area contributed by atoms with Crippen LogP contribution in [-0.2, 0) is 14.3 Å². The second-order valence-corrected chi connectivity index (χ2v) is 11.5. The molecule has 1 aromatic heterocycles. The number of benzene rings is 1. The Kier molecular flexibility index (Phi) is 7.65. The summed E-state index contributed by atoms with van der Waals surface area (Å²) in [4.78, 5) is 35.6. The molecular weight excluding hydrogens is 582 g/mol. The number of ether oxygens (including phenoxy) is 1. The first-order valence-electron chi connectivity index (χ1n) is 12.4. The van der Waals surface area contributed by atoms with Crippen LogP contribution < -0.4 is 5.32 Å². The van der Waals surface area contributed by atoms with E-state index in [1.807, 2.05) is 29.6 Å². The van der Waals surface area contributed by atoms with Gasteiger partial charge in [0.15, 0.2) is 10.8 Å². The smallest absolute Gasteiger partial charge is 0.338 e. The average molecular weight is 609 g/mol. The number of aliphatic carboxylic acids is 1. The quantitative estimate of drug-likeness (QED) is 0.416. The van der Waals surface area contributed by atoms with Crippen LogP contribution in [0.1, 0.15) is 49.2 Å². The zero-order valence-corrected chi connectivity index (χ0v) is 23.0. The normalized spacial score (nSPS) is 26.6. The number of halogens is 3. The first kappa shape index (κ1) is 26.9. The Balaban J connectivity index is 1.57. The fourth-order valence-corrected chi connectivity index (χ4v) is 6.85. The summed E-state index contributed by atoms with van der Waals surface area (Å²) in [6.07, 6.45) is 1.63. The number of carbonyl (C=O) groups excluding carboxylic acids is 1. The van der Waals surface area contributed by atoms with Crippen molar-refractivity contribution in [3.8, 4) is 0 Å². The van der Waals surface area contributed by atoms with Gasteiger partial charge in [-0.1, -0.05) is 34.1 Å². The molecule has 8 nitrogen and oxygen atoms in total. The number of nitrogens with one attached hydrogen (secondary N) is 1. The van der Waals surface area contributed by atoms with Crippen LogP contribution in [0.5, 0.6) is 0 Å². The summed E-state index contributed by atoms with van der Waals surface area (Å²) >= 11 is 4.94. The van der Waals surface area contributed by atoms with Gasteiger partial charge in [-0.3, -0.25) is 14.7 Å². The van der Waals surface area contributed by atoms with E-state index in [1.165, 1.54) is 11.3 Å². The first-order valence-corrected chi connectivity index (χ1v) is 14.1. The molecule has 4 heterocycles. The molecule has 4 atom stereocenters. The standard InChI is InChI=1S/C26H27BrF2N4O4S/c1-2-37-25(36)21-18(13-33-15-9-14(11-20(34)35)10-19(33)26(28,29)12-15)31-23(24-30-7-8-38-24)32-22(21)16-5-3-4-6-17(16)27/h3-8,14-15,19,22H,2,9-13H2,1H3,(H,31,32)(H,34,35)/t14-,15+,19+,22+/m1/s1. The molecule has 0 aliphatic carbocycles. The number of thiazole rings is 1. The van der Waals surface area contributed by atoms with Crippen molar-refractivity contribution in [2.45, 2.75) is 56.7 Å². The van der Waals surface area contributed by atoms with Crippen molar-refractivity contribution < 1.29 is 28.2 Å². The van der Waals surface area contributed by atoms with E-state index in [0.29, 0.717) is 23.0 Å². The minimum Gasteiger partial charge on any atom is -0.481 e. The Morgan fingerprint density at radius 3 is 2.76 bits per heavy atom. The van der Waals surface area contributed by atoms with Crippen LogP contribution in [-0.4, -0.2) is 63.9 Å². The summed E-state index contributed by atoms with van der Waals surface area (Å²) in [5.41, 5.74) is 1.43. The molecule has 0 radical (unpaired) electrons. The topological polar surface area (TPSA) is 104 Å². The summed E-state index contributed by atoms with van der Waals surface area (Å²) in [5.74, 6) is -4.37. The van der Waals surface area contributed by atoms with E-state index in [9.17, 15) is 14.7 Å². The minimum absolute atomic E-state index is 0.0458. The van der Waals surface area contributed by atoms with Crippen molar-refractivity contribution in [1.82, 2.24) is 15.2 Å². The fourth-order valence-electron chi connectivity index (χ4n) is 5.76. The maximum atomic E-state index is 15.1. The Labute approximate surface area is 230 Å². The lowest BCUT2D eigenvalue weighted by Gasteiger charge is -2.40. The molecule has 0 saturated carbocycles. The van der Waals surface area contributed by atoms with E-state index >= 15 is 8.78 Å². The highest BCUT2D eigenvalue weighted by molar-refractivity contribution is 9.10.